The molecule has 1 saturated carbocycles. The third-order valence-corrected chi connectivity index (χ3v) is 4.16. The number of pyridine rings is 1. The van der Waals surface area contributed by atoms with Crippen LogP contribution in [0.3, 0.4) is 0 Å². The van der Waals surface area contributed by atoms with Gasteiger partial charge >= 0.3 is 0 Å². The van der Waals surface area contributed by atoms with E-state index in [1.807, 2.05) is 29.1 Å². The maximum atomic E-state index is 8.79. The monoisotopic (exact) mass is 346 g/mol. The topological polar surface area (TPSA) is 73.0 Å². The predicted octanol–water partition coefficient (Wildman–Crippen LogP) is 3.61. The van der Waals surface area contributed by atoms with E-state index < -0.39 is 0 Å². The van der Waals surface area contributed by atoms with Crippen LogP contribution >= 0.6 is 0 Å². The molecule has 2 heterocycles. The third-order valence-electron chi connectivity index (χ3n) is 4.16. The second-order valence-electron chi connectivity index (χ2n) is 6.10. The second-order valence-corrected chi connectivity index (χ2v) is 6.10. The summed E-state index contributed by atoms with van der Waals surface area (Å²) in [5, 5.41) is 13.2. The molecule has 4 rings (SSSR count). The van der Waals surface area contributed by atoms with Gasteiger partial charge in [-0.3, -0.25) is 9.67 Å². The molecule has 0 atom stereocenters. The molecule has 0 amide bonds. The molecule has 0 spiro atoms. The Balaban J connectivity index is 1.34. The summed E-state index contributed by atoms with van der Waals surface area (Å²) >= 11 is 0. The van der Waals surface area contributed by atoms with Crippen LogP contribution in [0.5, 0.6) is 11.5 Å². The molecule has 1 aliphatic carbocycles. The lowest BCUT2D eigenvalue weighted by atomic mass is 10.2. The first-order chi connectivity index (χ1) is 12.8. The minimum Gasteiger partial charge on any atom is -0.490 e. The van der Waals surface area contributed by atoms with Crippen LogP contribution in [0.4, 0.5) is 0 Å². The maximum Gasteiger partial charge on any atom is 0.123 e. The van der Waals surface area contributed by atoms with Crippen molar-refractivity contribution in [2.45, 2.75) is 18.9 Å². The van der Waals surface area contributed by atoms with Crippen molar-refractivity contribution in [1.29, 1.82) is 5.26 Å². The number of ether oxygens (including phenoxy) is 2. The average Bonchev–Trinajstić information content (AvgIpc) is 3.42. The van der Waals surface area contributed by atoms with Crippen LogP contribution in [0.1, 0.15) is 24.4 Å². The van der Waals surface area contributed by atoms with Crippen molar-refractivity contribution in [3.63, 3.8) is 0 Å². The number of benzene rings is 1. The second kappa shape index (κ2) is 7.28. The van der Waals surface area contributed by atoms with Crippen molar-refractivity contribution < 1.29 is 9.47 Å². The number of aromatic nitrogens is 3. The average molecular weight is 346 g/mol. The van der Waals surface area contributed by atoms with Crippen molar-refractivity contribution in [3.8, 4) is 29.0 Å². The Bertz CT molecular complexity index is 923. The standard InChI is InChI=1S/C20H18N4O2/c21-14-15-1-5-17(6-2-15)25-11-12-26-18-7-9-22-19(13-18)20-8-10-23-24(20)16-3-4-16/h1-2,5-10,13,16H,3-4,11-12H2. The molecule has 6 nitrogen and oxygen atoms in total. The normalized spacial score (nSPS) is 13.2. The van der Waals surface area contributed by atoms with Crippen LogP contribution in [0, 0.1) is 11.3 Å². The molecular formula is C20H18N4O2. The van der Waals surface area contributed by atoms with E-state index in [0.717, 1.165) is 22.9 Å². The molecule has 0 bridgehead atoms. The number of hydrogen-bond donors (Lipinski definition) is 0. The molecule has 130 valence electrons. The minimum atomic E-state index is 0.420. The quantitative estimate of drug-likeness (QED) is 0.611. The first kappa shape index (κ1) is 16.2. The van der Waals surface area contributed by atoms with Crippen LogP contribution in [0.25, 0.3) is 11.4 Å². The molecule has 2 aromatic heterocycles. The molecule has 0 unspecified atom stereocenters. The highest BCUT2D eigenvalue weighted by Crippen LogP contribution is 2.37. The molecule has 1 aromatic carbocycles. The van der Waals surface area contributed by atoms with E-state index in [0.29, 0.717) is 24.8 Å². The Morgan fingerprint density at radius 1 is 1.00 bits per heavy atom. The summed E-state index contributed by atoms with van der Waals surface area (Å²) < 4.78 is 13.4. The van der Waals surface area contributed by atoms with E-state index in [9.17, 15) is 0 Å². The highest BCUT2D eigenvalue weighted by atomic mass is 16.5. The van der Waals surface area contributed by atoms with E-state index in [-0.39, 0.29) is 0 Å². The fraction of sp³-hybridized carbons (Fsp3) is 0.250. The largest absolute Gasteiger partial charge is 0.490 e. The molecule has 0 radical (unpaired) electrons. The van der Waals surface area contributed by atoms with Gasteiger partial charge in [-0.1, -0.05) is 0 Å². The van der Waals surface area contributed by atoms with Gasteiger partial charge in [0.15, 0.2) is 0 Å². The molecule has 0 N–H and O–H groups in total. The first-order valence-electron chi connectivity index (χ1n) is 8.59. The van der Waals surface area contributed by atoms with Crippen molar-refractivity contribution in [1.82, 2.24) is 14.8 Å². The molecule has 1 fully saturated rings. The Hall–Kier alpha value is -3.33. The Morgan fingerprint density at radius 2 is 1.77 bits per heavy atom. The molecule has 0 aliphatic heterocycles. The van der Waals surface area contributed by atoms with E-state index in [1.165, 1.54) is 12.8 Å². The van der Waals surface area contributed by atoms with E-state index in [4.69, 9.17) is 14.7 Å². The van der Waals surface area contributed by atoms with Crippen LogP contribution in [0.15, 0.2) is 54.9 Å². The third kappa shape index (κ3) is 3.67. The van der Waals surface area contributed by atoms with Crippen molar-refractivity contribution in [3.05, 3.63) is 60.4 Å². The summed E-state index contributed by atoms with van der Waals surface area (Å²) in [6.45, 7) is 0.842. The van der Waals surface area contributed by atoms with Gasteiger partial charge in [0.25, 0.3) is 0 Å². The van der Waals surface area contributed by atoms with Crippen molar-refractivity contribution in [2.24, 2.45) is 0 Å². The van der Waals surface area contributed by atoms with Gasteiger partial charge in [0, 0.05) is 18.5 Å². The van der Waals surface area contributed by atoms with E-state index in [2.05, 4.69) is 16.2 Å². The Kier molecular flexibility index (Phi) is 4.52. The molecular weight excluding hydrogens is 328 g/mol. The van der Waals surface area contributed by atoms with E-state index >= 15 is 0 Å². The summed E-state index contributed by atoms with van der Waals surface area (Å²) in [7, 11) is 0. The van der Waals surface area contributed by atoms with Gasteiger partial charge in [-0.2, -0.15) is 10.4 Å². The summed E-state index contributed by atoms with van der Waals surface area (Å²) in [6.07, 6.45) is 5.92. The van der Waals surface area contributed by atoms with Gasteiger partial charge < -0.3 is 9.47 Å². The fourth-order valence-electron chi connectivity index (χ4n) is 2.71. The summed E-state index contributed by atoms with van der Waals surface area (Å²) in [6, 6.07) is 15.4. The minimum absolute atomic E-state index is 0.420. The lowest BCUT2D eigenvalue weighted by molar-refractivity contribution is 0.217. The van der Waals surface area contributed by atoms with Gasteiger partial charge in [-0.15, -0.1) is 0 Å². The van der Waals surface area contributed by atoms with Crippen LogP contribution in [-0.4, -0.2) is 28.0 Å². The molecule has 3 aromatic rings. The molecule has 6 heteroatoms. The SMILES string of the molecule is N#Cc1ccc(OCCOc2ccnc(-c3ccnn3C3CC3)c2)cc1. The van der Waals surface area contributed by atoms with Gasteiger partial charge in [0.05, 0.1) is 29.1 Å². The lowest BCUT2D eigenvalue weighted by Gasteiger charge is -2.10. The number of nitrogens with zero attached hydrogens (tertiary/aromatic N) is 4. The zero-order chi connectivity index (χ0) is 17.8. The van der Waals surface area contributed by atoms with Gasteiger partial charge in [0.2, 0.25) is 0 Å². The fourth-order valence-corrected chi connectivity index (χ4v) is 2.71. The predicted molar refractivity (Wildman–Crippen MR) is 95.9 cm³/mol. The molecule has 0 saturated heterocycles. The van der Waals surface area contributed by atoms with Crippen LogP contribution in [-0.2, 0) is 0 Å². The first-order valence-corrected chi connectivity index (χ1v) is 8.59. The van der Waals surface area contributed by atoms with Crippen molar-refractivity contribution in [2.75, 3.05) is 13.2 Å². The number of nitriles is 1. The van der Waals surface area contributed by atoms with Gasteiger partial charge in [-0.25, -0.2) is 0 Å². The number of rotatable bonds is 7. The lowest BCUT2D eigenvalue weighted by Crippen LogP contribution is -2.09. The Labute approximate surface area is 151 Å². The van der Waals surface area contributed by atoms with Gasteiger partial charge in [-0.05, 0) is 49.2 Å². The Morgan fingerprint density at radius 3 is 2.50 bits per heavy atom. The summed E-state index contributed by atoms with van der Waals surface area (Å²) in [4.78, 5) is 4.45. The summed E-state index contributed by atoms with van der Waals surface area (Å²) in [5.41, 5.74) is 2.50. The summed E-state index contributed by atoms with van der Waals surface area (Å²) in [5.74, 6) is 1.47. The zero-order valence-electron chi connectivity index (χ0n) is 14.2. The van der Waals surface area contributed by atoms with Crippen LogP contribution < -0.4 is 9.47 Å². The van der Waals surface area contributed by atoms with Crippen LogP contribution in [0.2, 0.25) is 0 Å². The highest BCUT2D eigenvalue weighted by molar-refractivity contribution is 5.56. The van der Waals surface area contributed by atoms with Gasteiger partial charge in [0.1, 0.15) is 24.7 Å². The zero-order valence-corrected chi connectivity index (χ0v) is 14.2. The highest BCUT2D eigenvalue weighted by Gasteiger charge is 2.26. The maximum absolute atomic E-state index is 8.79. The molecule has 26 heavy (non-hydrogen) atoms. The molecule has 1 aliphatic rings. The van der Waals surface area contributed by atoms with Crippen molar-refractivity contribution >= 4 is 0 Å². The smallest absolute Gasteiger partial charge is 0.123 e. The number of hydrogen-bond acceptors (Lipinski definition) is 5. The van der Waals surface area contributed by atoms with E-state index in [1.54, 1.807) is 30.5 Å².